The van der Waals surface area contributed by atoms with Gasteiger partial charge in [-0.1, -0.05) is 36.9 Å². The molecule has 23 heavy (non-hydrogen) atoms. The summed E-state index contributed by atoms with van der Waals surface area (Å²) in [6.45, 7) is 4.02. The maximum absolute atomic E-state index is 12.3. The normalized spacial score (nSPS) is 24.4. The summed E-state index contributed by atoms with van der Waals surface area (Å²) >= 11 is 0. The van der Waals surface area contributed by atoms with Crippen molar-refractivity contribution in [3.05, 3.63) is 60.2 Å². The lowest BCUT2D eigenvalue weighted by molar-refractivity contribution is 0.0405. The van der Waals surface area contributed by atoms with Crippen LogP contribution in [0.5, 0.6) is 0 Å². The molecule has 0 spiro atoms. The number of allylic oxidation sites excluding steroid dienone is 2. The van der Waals surface area contributed by atoms with Gasteiger partial charge in [-0.3, -0.25) is 0 Å². The summed E-state index contributed by atoms with van der Waals surface area (Å²) in [5, 5.41) is 0. The van der Waals surface area contributed by atoms with Crippen LogP contribution in [0.2, 0.25) is 0 Å². The number of hydrogen-bond donors (Lipinski definition) is 0. The third-order valence-electron chi connectivity index (χ3n) is 4.54. The summed E-state index contributed by atoms with van der Waals surface area (Å²) in [4.78, 5) is 24.3. The molecule has 0 amide bonds. The van der Waals surface area contributed by atoms with E-state index in [0.29, 0.717) is 24.4 Å². The zero-order chi connectivity index (χ0) is 16.2. The highest BCUT2D eigenvalue weighted by molar-refractivity contribution is 6.03. The van der Waals surface area contributed by atoms with Crippen LogP contribution in [0, 0.1) is 17.8 Å². The number of carbonyl (C=O) groups is 2. The Morgan fingerprint density at radius 1 is 1.09 bits per heavy atom. The van der Waals surface area contributed by atoms with Crippen molar-refractivity contribution in [2.24, 2.45) is 17.8 Å². The number of ether oxygens (including phenoxy) is 2. The van der Waals surface area contributed by atoms with Gasteiger partial charge in [-0.2, -0.15) is 0 Å². The topological polar surface area (TPSA) is 52.6 Å². The summed E-state index contributed by atoms with van der Waals surface area (Å²) in [7, 11) is 0. The van der Waals surface area contributed by atoms with Crippen LogP contribution >= 0.6 is 0 Å². The van der Waals surface area contributed by atoms with E-state index in [1.165, 1.54) is 12.5 Å². The van der Waals surface area contributed by atoms with Crippen LogP contribution in [0.3, 0.4) is 0 Å². The van der Waals surface area contributed by atoms with Crippen LogP contribution in [0.15, 0.2) is 49.1 Å². The van der Waals surface area contributed by atoms with E-state index in [1.54, 1.807) is 24.3 Å². The van der Waals surface area contributed by atoms with E-state index >= 15 is 0 Å². The van der Waals surface area contributed by atoms with Gasteiger partial charge in [0.15, 0.2) is 0 Å². The molecule has 120 valence electrons. The monoisotopic (exact) mass is 312 g/mol. The molecule has 1 aromatic rings. The molecule has 1 saturated carbocycles. The number of fused-ring (bicyclic) bond motifs is 2. The van der Waals surface area contributed by atoms with Crippen molar-refractivity contribution >= 4 is 11.9 Å². The molecule has 2 bridgehead atoms. The van der Waals surface area contributed by atoms with Gasteiger partial charge in [-0.15, -0.1) is 0 Å². The zero-order valence-electron chi connectivity index (χ0n) is 12.9. The van der Waals surface area contributed by atoms with E-state index < -0.39 is 11.9 Å². The Morgan fingerprint density at radius 3 is 2.35 bits per heavy atom. The van der Waals surface area contributed by atoms with Gasteiger partial charge in [-0.05, 0) is 42.7 Å². The summed E-state index contributed by atoms with van der Waals surface area (Å²) in [6, 6.07) is 6.57. The average Bonchev–Trinajstić information content (AvgIpc) is 3.20. The van der Waals surface area contributed by atoms with Gasteiger partial charge >= 0.3 is 11.9 Å². The van der Waals surface area contributed by atoms with Gasteiger partial charge in [0.2, 0.25) is 0 Å². The Morgan fingerprint density at radius 2 is 1.78 bits per heavy atom. The minimum atomic E-state index is -0.541. The molecule has 3 rings (SSSR count). The number of benzene rings is 1. The zero-order valence-corrected chi connectivity index (χ0v) is 12.9. The second kappa shape index (κ2) is 6.82. The fraction of sp³-hybridized carbons (Fsp3) is 0.368. The molecule has 0 heterocycles. The first-order valence-electron chi connectivity index (χ1n) is 7.91. The van der Waals surface area contributed by atoms with Crippen molar-refractivity contribution in [3.8, 4) is 0 Å². The van der Waals surface area contributed by atoms with E-state index in [-0.39, 0.29) is 17.7 Å². The maximum atomic E-state index is 12.3. The first-order valence-corrected chi connectivity index (χ1v) is 7.91. The van der Waals surface area contributed by atoms with Crippen LogP contribution in [-0.2, 0) is 9.47 Å². The van der Waals surface area contributed by atoms with Crippen LogP contribution in [0.1, 0.15) is 33.6 Å². The van der Waals surface area contributed by atoms with Gasteiger partial charge in [0.25, 0.3) is 0 Å². The minimum absolute atomic E-state index is 0.111. The maximum Gasteiger partial charge on any atom is 0.339 e. The molecular formula is C19H20O4. The largest absolute Gasteiger partial charge is 0.462 e. The molecule has 2 aliphatic carbocycles. The number of rotatable bonds is 6. The molecule has 1 aromatic carbocycles. The summed E-state index contributed by atoms with van der Waals surface area (Å²) in [5.41, 5.74) is 0.479. The molecule has 0 N–H and O–H groups in total. The lowest BCUT2D eigenvalue weighted by atomic mass is 9.94. The predicted molar refractivity (Wildman–Crippen MR) is 86.0 cm³/mol. The van der Waals surface area contributed by atoms with Gasteiger partial charge in [0.05, 0.1) is 17.7 Å². The lowest BCUT2D eigenvalue weighted by Crippen LogP contribution is -2.19. The number of esters is 2. The third kappa shape index (κ3) is 3.36. The molecule has 3 unspecified atom stereocenters. The molecule has 4 heteroatoms. The standard InChI is InChI=1S/C19H20O4/c1-2-9-22-18(20)16-5-3-4-6-17(16)19(21)23-12-15-11-13-7-8-14(15)10-13/h2-8,13-15H,1,9-12H2. The number of hydrogen-bond acceptors (Lipinski definition) is 4. The van der Waals surface area contributed by atoms with E-state index in [1.807, 2.05) is 0 Å². The van der Waals surface area contributed by atoms with Crippen molar-refractivity contribution in [1.82, 2.24) is 0 Å². The van der Waals surface area contributed by atoms with Crippen LogP contribution in [0.4, 0.5) is 0 Å². The van der Waals surface area contributed by atoms with E-state index in [2.05, 4.69) is 18.7 Å². The van der Waals surface area contributed by atoms with Crippen molar-refractivity contribution < 1.29 is 19.1 Å². The quantitative estimate of drug-likeness (QED) is 0.597. The summed E-state index contributed by atoms with van der Waals surface area (Å²) in [5.74, 6) is 0.558. The van der Waals surface area contributed by atoms with E-state index in [9.17, 15) is 9.59 Å². The average molecular weight is 312 g/mol. The Hall–Kier alpha value is -2.36. The van der Waals surface area contributed by atoms with Crippen LogP contribution < -0.4 is 0 Å². The van der Waals surface area contributed by atoms with Gasteiger partial charge in [-0.25, -0.2) is 9.59 Å². The SMILES string of the molecule is C=CCOC(=O)c1ccccc1C(=O)OCC1CC2C=CC1C2. The lowest BCUT2D eigenvalue weighted by Gasteiger charge is -2.18. The number of carbonyl (C=O) groups excluding carboxylic acids is 2. The fourth-order valence-corrected chi connectivity index (χ4v) is 3.40. The highest BCUT2D eigenvalue weighted by Gasteiger charge is 2.36. The van der Waals surface area contributed by atoms with Gasteiger partial charge in [0, 0.05) is 0 Å². The fourth-order valence-electron chi connectivity index (χ4n) is 3.40. The molecule has 0 saturated heterocycles. The molecule has 0 aliphatic heterocycles. The van der Waals surface area contributed by atoms with Crippen LogP contribution in [0.25, 0.3) is 0 Å². The molecule has 4 nitrogen and oxygen atoms in total. The Kier molecular flexibility index (Phi) is 4.60. The third-order valence-corrected chi connectivity index (χ3v) is 4.54. The molecule has 2 aliphatic rings. The highest BCUT2D eigenvalue weighted by atomic mass is 16.5. The summed E-state index contributed by atoms with van der Waals surface area (Å²) in [6.07, 6.45) is 8.23. The predicted octanol–water partition coefficient (Wildman–Crippen LogP) is 3.40. The summed E-state index contributed by atoms with van der Waals surface area (Å²) < 4.78 is 10.5. The first-order chi connectivity index (χ1) is 11.2. The molecule has 0 radical (unpaired) electrons. The molecule has 3 atom stereocenters. The van der Waals surface area contributed by atoms with Crippen LogP contribution in [-0.4, -0.2) is 25.2 Å². The van der Waals surface area contributed by atoms with Crippen molar-refractivity contribution in [3.63, 3.8) is 0 Å². The molecule has 1 fully saturated rings. The Labute approximate surface area is 135 Å². The smallest absolute Gasteiger partial charge is 0.339 e. The van der Waals surface area contributed by atoms with Crippen molar-refractivity contribution in [2.45, 2.75) is 12.8 Å². The first kappa shape index (κ1) is 15.5. The van der Waals surface area contributed by atoms with Crippen molar-refractivity contribution in [2.75, 3.05) is 13.2 Å². The minimum Gasteiger partial charge on any atom is -0.462 e. The molecule has 0 aromatic heterocycles. The van der Waals surface area contributed by atoms with E-state index in [4.69, 9.17) is 9.47 Å². The highest BCUT2D eigenvalue weighted by Crippen LogP contribution is 2.43. The molecular weight excluding hydrogens is 292 g/mol. The second-order valence-corrected chi connectivity index (χ2v) is 6.07. The second-order valence-electron chi connectivity index (χ2n) is 6.07. The van der Waals surface area contributed by atoms with Gasteiger partial charge in [0.1, 0.15) is 6.61 Å². The Bertz CT molecular complexity index is 647. The van der Waals surface area contributed by atoms with E-state index in [0.717, 1.165) is 6.42 Å². The Balaban J connectivity index is 1.64. The van der Waals surface area contributed by atoms with Crippen molar-refractivity contribution in [1.29, 1.82) is 0 Å². The van der Waals surface area contributed by atoms with Gasteiger partial charge < -0.3 is 9.47 Å².